The van der Waals surface area contributed by atoms with Crippen molar-refractivity contribution in [3.63, 3.8) is 0 Å². The highest BCUT2D eigenvalue weighted by Crippen LogP contribution is 2.31. The second kappa shape index (κ2) is 6.19. The van der Waals surface area contributed by atoms with E-state index in [9.17, 15) is 4.79 Å². The highest BCUT2D eigenvalue weighted by Gasteiger charge is 2.22. The number of nitriles is 1. The van der Waals surface area contributed by atoms with Gasteiger partial charge in [-0.1, -0.05) is 18.2 Å². The van der Waals surface area contributed by atoms with E-state index in [4.69, 9.17) is 10.00 Å². The minimum atomic E-state index is -0.0939. The molecule has 1 aliphatic rings. The zero-order valence-electron chi connectivity index (χ0n) is 11.1. The van der Waals surface area contributed by atoms with Crippen LogP contribution >= 0.6 is 0 Å². The molecule has 0 bridgehead atoms. The summed E-state index contributed by atoms with van der Waals surface area (Å²) >= 11 is 0. The van der Waals surface area contributed by atoms with Crippen LogP contribution in [0.5, 0.6) is 0 Å². The van der Waals surface area contributed by atoms with E-state index in [1.165, 1.54) is 5.57 Å². The van der Waals surface area contributed by atoms with Crippen LogP contribution in [0.2, 0.25) is 0 Å². The molecular weight excluding hydrogens is 238 g/mol. The van der Waals surface area contributed by atoms with Gasteiger partial charge in [-0.3, -0.25) is 4.79 Å². The lowest BCUT2D eigenvalue weighted by Gasteiger charge is -2.20. The smallest absolute Gasteiger partial charge is 0.309 e. The molecule has 0 unspecified atom stereocenters. The third-order valence-corrected chi connectivity index (χ3v) is 3.39. The summed E-state index contributed by atoms with van der Waals surface area (Å²) in [7, 11) is 0. The summed E-state index contributed by atoms with van der Waals surface area (Å²) in [4.78, 5) is 11.6. The Balaban J connectivity index is 2.08. The molecule has 0 radical (unpaired) electrons. The topological polar surface area (TPSA) is 50.1 Å². The van der Waals surface area contributed by atoms with Crippen LogP contribution in [0, 0.1) is 17.2 Å². The maximum Gasteiger partial charge on any atom is 0.309 e. The molecule has 0 spiro atoms. The Morgan fingerprint density at radius 3 is 3.00 bits per heavy atom. The second-order valence-electron chi connectivity index (χ2n) is 4.65. The van der Waals surface area contributed by atoms with E-state index in [0.29, 0.717) is 12.2 Å². The lowest BCUT2D eigenvalue weighted by atomic mass is 9.86. The molecule has 1 aromatic rings. The number of hydrogen-bond donors (Lipinski definition) is 0. The summed E-state index contributed by atoms with van der Waals surface area (Å²) in [5.41, 5.74) is 2.98. The Labute approximate surface area is 113 Å². The number of hydrogen-bond acceptors (Lipinski definition) is 3. The zero-order valence-corrected chi connectivity index (χ0v) is 11.1. The van der Waals surface area contributed by atoms with Gasteiger partial charge in [0.15, 0.2) is 0 Å². The summed E-state index contributed by atoms with van der Waals surface area (Å²) < 4.78 is 5.05. The summed E-state index contributed by atoms with van der Waals surface area (Å²) in [5.74, 6) is -0.105. The number of ether oxygens (including phenoxy) is 1. The van der Waals surface area contributed by atoms with Crippen LogP contribution in [0.1, 0.15) is 37.3 Å². The molecule has 98 valence electrons. The average molecular weight is 255 g/mol. The fraction of sp³-hybridized carbons (Fsp3) is 0.375. The van der Waals surface area contributed by atoms with Crippen LogP contribution in [0.15, 0.2) is 30.3 Å². The summed E-state index contributed by atoms with van der Waals surface area (Å²) in [6, 6.07) is 9.75. The maximum absolute atomic E-state index is 11.6. The molecular formula is C16H17NO2. The normalized spacial score (nSPS) is 18.3. The lowest BCUT2D eigenvalue weighted by molar-refractivity contribution is -0.148. The van der Waals surface area contributed by atoms with Crippen LogP contribution in [-0.4, -0.2) is 12.6 Å². The van der Waals surface area contributed by atoms with E-state index in [-0.39, 0.29) is 11.9 Å². The molecule has 19 heavy (non-hydrogen) atoms. The van der Waals surface area contributed by atoms with Crippen molar-refractivity contribution in [1.29, 1.82) is 5.26 Å². The highest BCUT2D eigenvalue weighted by atomic mass is 16.5. The van der Waals surface area contributed by atoms with Gasteiger partial charge in [-0.2, -0.15) is 5.26 Å². The number of esters is 1. The standard InChI is InChI=1S/C16H17NO2/c1-2-19-16(18)14-8-6-13(7-9-14)15-5-3-4-12(10-15)11-17/h3-6,10,14H,2,7-9H2,1H3/t14-/m0/s1. The van der Waals surface area contributed by atoms with Gasteiger partial charge in [-0.15, -0.1) is 0 Å². The first-order chi connectivity index (χ1) is 9.24. The number of carbonyl (C=O) groups excluding carboxylic acids is 1. The maximum atomic E-state index is 11.6. The highest BCUT2D eigenvalue weighted by molar-refractivity contribution is 5.75. The quantitative estimate of drug-likeness (QED) is 0.778. The van der Waals surface area contributed by atoms with E-state index in [0.717, 1.165) is 24.8 Å². The van der Waals surface area contributed by atoms with Crippen molar-refractivity contribution in [3.05, 3.63) is 41.5 Å². The van der Waals surface area contributed by atoms with Gasteiger partial charge in [-0.25, -0.2) is 0 Å². The Morgan fingerprint density at radius 2 is 2.37 bits per heavy atom. The first kappa shape index (κ1) is 13.4. The van der Waals surface area contributed by atoms with Gasteiger partial charge in [-0.05, 0) is 49.5 Å². The van der Waals surface area contributed by atoms with Gasteiger partial charge in [0.25, 0.3) is 0 Å². The molecule has 0 amide bonds. The van der Waals surface area contributed by atoms with Crippen molar-refractivity contribution in [3.8, 4) is 6.07 Å². The predicted octanol–water partition coefficient (Wildman–Crippen LogP) is 3.30. The Hall–Kier alpha value is -2.08. The molecule has 3 nitrogen and oxygen atoms in total. The molecule has 0 heterocycles. The van der Waals surface area contributed by atoms with Crippen LogP contribution in [0.3, 0.4) is 0 Å². The summed E-state index contributed by atoms with van der Waals surface area (Å²) in [6.07, 6.45) is 4.51. The van der Waals surface area contributed by atoms with E-state index in [1.54, 1.807) is 6.07 Å². The van der Waals surface area contributed by atoms with E-state index in [2.05, 4.69) is 12.1 Å². The summed E-state index contributed by atoms with van der Waals surface area (Å²) in [6.45, 7) is 2.27. The van der Waals surface area contributed by atoms with Gasteiger partial charge in [0.1, 0.15) is 0 Å². The van der Waals surface area contributed by atoms with Crippen molar-refractivity contribution >= 4 is 11.5 Å². The van der Waals surface area contributed by atoms with Crippen LogP contribution in [0.25, 0.3) is 5.57 Å². The Kier molecular flexibility index (Phi) is 4.35. The van der Waals surface area contributed by atoms with Crippen molar-refractivity contribution in [1.82, 2.24) is 0 Å². The first-order valence-corrected chi connectivity index (χ1v) is 6.60. The minimum Gasteiger partial charge on any atom is -0.466 e. The Bertz CT molecular complexity index is 540. The van der Waals surface area contributed by atoms with Gasteiger partial charge in [0, 0.05) is 0 Å². The molecule has 3 heteroatoms. The van der Waals surface area contributed by atoms with Gasteiger partial charge in [0.2, 0.25) is 0 Å². The second-order valence-corrected chi connectivity index (χ2v) is 4.65. The number of carbonyl (C=O) groups is 1. The SMILES string of the molecule is CCOC(=O)[C@H]1CC=C(c2cccc(C#N)c2)CC1. The zero-order chi connectivity index (χ0) is 13.7. The molecule has 0 saturated carbocycles. The van der Waals surface area contributed by atoms with Crippen molar-refractivity contribution < 1.29 is 9.53 Å². The molecule has 0 aliphatic heterocycles. The van der Waals surface area contributed by atoms with Gasteiger partial charge < -0.3 is 4.74 Å². The largest absolute Gasteiger partial charge is 0.466 e. The van der Waals surface area contributed by atoms with Gasteiger partial charge >= 0.3 is 5.97 Å². The summed E-state index contributed by atoms with van der Waals surface area (Å²) in [5, 5.41) is 8.90. The van der Waals surface area contributed by atoms with E-state index >= 15 is 0 Å². The molecule has 0 saturated heterocycles. The number of rotatable bonds is 3. The van der Waals surface area contributed by atoms with Crippen molar-refractivity contribution in [2.45, 2.75) is 26.2 Å². The van der Waals surface area contributed by atoms with E-state index in [1.807, 2.05) is 25.1 Å². The third kappa shape index (κ3) is 3.23. The molecule has 2 rings (SSSR count). The van der Waals surface area contributed by atoms with Crippen LogP contribution in [0.4, 0.5) is 0 Å². The molecule has 0 fully saturated rings. The molecule has 1 atom stereocenters. The number of allylic oxidation sites excluding steroid dienone is 2. The number of benzene rings is 1. The van der Waals surface area contributed by atoms with Crippen molar-refractivity contribution in [2.24, 2.45) is 5.92 Å². The molecule has 0 N–H and O–H groups in total. The number of nitrogens with zero attached hydrogens (tertiary/aromatic N) is 1. The predicted molar refractivity (Wildman–Crippen MR) is 73.1 cm³/mol. The lowest BCUT2D eigenvalue weighted by Crippen LogP contribution is -2.19. The fourth-order valence-corrected chi connectivity index (χ4v) is 2.36. The molecule has 0 aromatic heterocycles. The minimum absolute atomic E-state index is 0.0113. The van der Waals surface area contributed by atoms with Gasteiger partial charge in [0.05, 0.1) is 24.2 Å². The van der Waals surface area contributed by atoms with Crippen LogP contribution in [-0.2, 0) is 9.53 Å². The average Bonchev–Trinajstić information content (AvgIpc) is 2.48. The first-order valence-electron chi connectivity index (χ1n) is 6.60. The molecule has 1 aromatic carbocycles. The van der Waals surface area contributed by atoms with E-state index < -0.39 is 0 Å². The monoisotopic (exact) mass is 255 g/mol. The van der Waals surface area contributed by atoms with Crippen LogP contribution < -0.4 is 0 Å². The van der Waals surface area contributed by atoms with Crippen molar-refractivity contribution in [2.75, 3.05) is 6.61 Å². The fourth-order valence-electron chi connectivity index (χ4n) is 2.36. The Morgan fingerprint density at radius 1 is 1.53 bits per heavy atom. The molecule has 1 aliphatic carbocycles. The third-order valence-electron chi connectivity index (χ3n) is 3.39.